The Kier molecular flexibility index (Phi) is 5.27. The van der Waals surface area contributed by atoms with E-state index in [9.17, 15) is 9.59 Å². The van der Waals surface area contributed by atoms with Crippen LogP contribution in [-0.2, 0) is 4.79 Å². The van der Waals surface area contributed by atoms with E-state index < -0.39 is 0 Å². The fourth-order valence-corrected chi connectivity index (χ4v) is 5.35. The predicted molar refractivity (Wildman–Crippen MR) is 112 cm³/mol. The first-order valence-electron chi connectivity index (χ1n) is 9.18. The maximum atomic E-state index is 13.0. The molecule has 0 unspecified atom stereocenters. The van der Waals surface area contributed by atoms with Gasteiger partial charge < -0.3 is 15.5 Å². The van der Waals surface area contributed by atoms with E-state index in [0.29, 0.717) is 18.0 Å². The summed E-state index contributed by atoms with van der Waals surface area (Å²) in [4.78, 5) is 37.7. The summed E-state index contributed by atoms with van der Waals surface area (Å²) in [7, 11) is 0. The standard InChI is InChI=1S/C19H21N5O2S2/c1-3-12(13-5-4-8-27-13)23-17-15-11(2)16(28-18(15)22-10-21-17)19(26)24-7-6-20-14(25)9-24/h4-5,8,10,12H,3,6-7,9H2,1-2H3,(H,20,25)(H,21,22,23)/t12-/m0/s1. The van der Waals surface area contributed by atoms with Crippen LogP contribution in [0.15, 0.2) is 23.8 Å². The highest BCUT2D eigenvalue weighted by Crippen LogP contribution is 2.36. The number of hydrogen-bond acceptors (Lipinski definition) is 7. The molecule has 0 spiro atoms. The molecular weight excluding hydrogens is 394 g/mol. The summed E-state index contributed by atoms with van der Waals surface area (Å²) in [6.45, 7) is 5.16. The van der Waals surface area contributed by atoms with Crippen molar-refractivity contribution < 1.29 is 9.59 Å². The maximum absolute atomic E-state index is 13.0. The summed E-state index contributed by atoms with van der Waals surface area (Å²) in [5, 5.41) is 9.23. The van der Waals surface area contributed by atoms with Crippen LogP contribution >= 0.6 is 22.7 Å². The lowest BCUT2D eigenvalue weighted by Crippen LogP contribution is -2.49. The van der Waals surface area contributed by atoms with Crippen molar-refractivity contribution in [3.8, 4) is 0 Å². The molecule has 9 heteroatoms. The van der Waals surface area contributed by atoms with Crippen molar-refractivity contribution in [2.45, 2.75) is 26.3 Å². The molecule has 1 aliphatic rings. The Morgan fingerprint density at radius 3 is 3.00 bits per heavy atom. The van der Waals surface area contributed by atoms with Gasteiger partial charge in [-0.1, -0.05) is 13.0 Å². The Hall–Kier alpha value is -2.52. The van der Waals surface area contributed by atoms with Crippen molar-refractivity contribution in [1.82, 2.24) is 20.2 Å². The number of thiophene rings is 2. The van der Waals surface area contributed by atoms with Gasteiger partial charge in [-0.25, -0.2) is 9.97 Å². The molecule has 7 nitrogen and oxygen atoms in total. The monoisotopic (exact) mass is 415 g/mol. The zero-order valence-electron chi connectivity index (χ0n) is 15.7. The van der Waals surface area contributed by atoms with Gasteiger partial charge >= 0.3 is 0 Å². The van der Waals surface area contributed by atoms with Gasteiger partial charge in [0.25, 0.3) is 5.91 Å². The van der Waals surface area contributed by atoms with Gasteiger partial charge in [0.1, 0.15) is 17.0 Å². The number of carbonyl (C=O) groups excluding carboxylic acids is 2. The highest BCUT2D eigenvalue weighted by molar-refractivity contribution is 7.20. The van der Waals surface area contributed by atoms with E-state index in [1.165, 1.54) is 22.5 Å². The molecule has 2 amide bonds. The van der Waals surface area contributed by atoms with Gasteiger partial charge in [-0.05, 0) is 30.4 Å². The molecule has 1 saturated heterocycles. The third kappa shape index (κ3) is 3.47. The van der Waals surface area contributed by atoms with Crippen molar-refractivity contribution in [2.75, 3.05) is 25.0 Å². The fraction of sp³-hybridized carbons (Fsp3) is 0.368. The van der Waals surface area contributed by atoms with Crippen LogP contribution in [0, 0.1) is 6.92 Å². The molecule has 1 aliphatic heterocycles. The van der Waals surface area contributed by atoms with Gasteiger partial charge in [0.05, 0.1) is 22.8 Å². The van der Waals surface area contributed by atoms with E-state index in [2.05, 4.69) is 39.0 Å². The Morgan fingerprint density at radius 2 is 2.29 bits per heavy atom. The van der Waals surface area contributed by atoms with E-state index in [-0.39, 0.29) is 24.4 Å². The lowest BCUT2D eigenvalue weighted by molar-refractivity contribution is -0.123. The predicted octanol–water partition coefficient (Wildman–Crippen LogP) is 3.20. The Morgan fingerprint density at radius 1 is 1.43 bits per heavy atom. The molecule has 28 heavy (non-hydrogen) atoms. The van der Waals surface area contributed by atoms with Crippen molar-refractivity contribution >= 4 is 50.5 Å². The number of fused-ring (bicyclic) bond motifs is 1. The quantitative estimate of drug-likeness (QED) is 0.668. The summed E-state index contributed by atoms with van der Waals surface area (Å²) >= 11 is 3.07. The van der Waals surface area contributed by atoms with Gasteiger partial charge in [-0.15, -0.1) is 22.7 Å². The number of anilines is 1. The molecule has 0 aromatic carbocycles. The summed E-state index contributed by atoms with van der Waals surface area (Å²) in [5.41, 5.74) is 0.861. The summed E-state index contributed by atoms with van der Waals surface area (Å²) in [6.07, 6.45) is 2.45. The zero-order valence-corrected chi connectivity index (χ0v) is 17.3. The van der Waals surface area contributed by atoms with Crippen LogP contribution in [0.5, 0.6) is 0 Å². The van der Waals surface area contributed by atoms with E-state index in [1.54, 1.807) is 16.2 Å². The largest absolute Gasteiger partial charge is 0.362 e. The van der Waals surface area contributed by atoms with E-state index in [4.69, 9.17) is 0 Å². The first kappa shape index (κ1) is 18.8. The number of piperazine rings is 1. The Bertz CT molecular complexity index is 1010. The second-order valence-electron chi connectivity index (χ2n) is 6.66. The minimum Gasteiger partial charge on any atom is -0.362 e. The highest BCUT2D eigenvalue weighted by atomic mass is 32.1. The first-order chi connectivity index (χ1) is 13.6. The molecule has 1 atom stereocenters. The van der Waals surface area contributed by atoms with E-state index in [0.717, 1.165) is 28.0 Å². The average Bonchev–Trinajstić information content (AvgIpc) is 3.34. The molecule has 0 saturated carbocycles. The average molecular weight is 416 g/mol. The second kappa shape index (κ2) is 7.84. The SMILES string of the molecule is CC[C@H](Nc1ncnc2sc(C(=O)N3CCNC(=O)C3)c(C)c12)c1cccs1. The number of aryl methyl sites for hydroxylation is 1. The number of aromatic nitrogens is 2. The lowest BCUT2D eigenvalue weighted by Gasteiger charge is -2.26. The number of amides is 2. The van der Waals surface area contributed by atoms with Crippen LogP contribution in [0.4, 0.5) is 5.82 Å². The first-order valence-corrected chi connectivity index (χ1v) is 10.9. The van der Waals surface area contributed by atoms with E-state index in [1.807, 2.05) is 13.0 Å². The van der Waals surface area contributed by atoms with Crippen molar-refractivity contribution in [3.05, 3.63) is 39.2 Å². The van der Waals surface area contributed by atoms with Gasteiger partial charge in [0.15, 0.2) is 0 Å². The molecule has 0 aliphatic carbocycles. The van der Waals surface area contributed by atoms with Gasteiger partial charge in [0, 0.05) is 18.0 Å². The Balaban J connectivity index is 1.68. The lowest BCUT2D eigenvalue weighted by atomic mass is 10.1. The smallest absolute Gasteiger partial charge is 0.264 e. The molecule has 4 rings (SSSR count). The minimum atomic E-state index is -0.123. The molecule has 2 N–H and O–H groups in total. The number of hydrogen-bond donors (Lipinski definition) is 2. The van der Waals surface area contributed by atoms with Gasteiger partial charge in [0.2, 0.25) is 5.91 Å². The van der Waals surface area contributed by atoms with Crippen LogP contribution in [0.2, 0.25) is 0 Å². The van der Waals surface area contributed by atoms with Crippen LogP contribution in [-0.4, -0.2) is 46.3 Å². The number of rotatable bonds is 5. The topological polar surface area (TPSA) is 87.2 Å². The second-order valence-corrected chi connectivity index (χ2v) is 8.63. The van der Waals surface area contributed by atoms with E-state index >= 15 is 0 Å². The van der Waals surface area contributed by atoms with Crippen LogP contribution in [0.1, 0.15) is 39.5 Å². The number of nitrogens with one attached hydrogen (secondary N) is 2. The van der Waals surface area contributed by atoms with Crippen LogP contribution < -0.4 is 10.6 Å². The normalized spacial score (nSPS) is 15.5. The fourth-order valence-electron chi connectivity index (χ4n) is 3.37. The highest BCUT2D eigenvalue weighted by Gasteiger charge is 2.27. The van der Waals surface area contributed by atoms with Crippen molar-refractivity contribution in [1.29, 1.82) is 0 Å². The molecule has 0 radical (unpaired) electrons. The number of carbonyl (C=O) groups is 2. The summed E-state index contributed by atoms with van der Waals surface area (Å²) in [6, 6.07) is 4.31. The molecule has 146 valence electrons. The molecule has 4 heterocycles. The molecule has 0 bridgehead atoms. The maximum Gasteiger partial charge on any atom is 0.264 e. The van der Waals surface area contributed by atoms with Crippen LogP contribution in [0.3, 0.4) is 0 Å². The third-order valence-corrected chi connectivity index (χ3v) is 7.03. The molecule has 3 aromatic rings. The number of nitrogens with zero attached hydrogens (tertiary/aromatic N) is 3. The van der Waals surface area contributed by atoms with Crippen molar-refractivity contribution in [3.63, 3.8) is 0 Å². The molecule has 1 fully saturated rings. The summed E-state index contributed by atoms with van der Waals surface area (Å²) in [5.74, 6) is 0.503. The minimum absolute atomic E-state index is 0.0968. The molecule has 3 aromatic heterocycles. The third-order valence-electron chi connectivity index (χ3n) is 4.85. The Labute approximate surface area is 170 Å². The van der Waals surface area contributed by atoms with Crippen molar-refractivity contribution in [2.24, 2.45) is 0 Å². The zero-order chi connectivity index (χ0) is 19.7. The van der Waals surface area contributed by atoms with Gasteiger partial charge in [-0.3, -0.25) is 9.59 Å². The summed E-state index contributed by atoms with van der Waals surface area (Å²) < 4.78 is 0. The molecular formula is C19H21N5O2S2. The van der Waals surface area contributed by atoms with Gasteiger partial charge in [-0.2, -0.15) is 0 Å². The van der Waals surface area contributed by atoms with Crippen LogP contribution in [0.25, 0.3) is 10.2 Å².